The molecule has 0 unspecified atom stereocenters. The number of halogens is 1. The van der Waals surface area contributed by atoms with Gasteiger partial charge in [-0.2, -0.15) is 5.26 Å². The van der Waals surface area contributed by atoms with E-state index < -0.39 is 5.82 Å². The van der Waals surface area contributed by atoms with Gasteiger partial charge in [0.05, 0.1) is 5.69 Å². The second-order valence-electron chi connectivity index (χ2n) is 4.22. The zero-order valence-corrected chi connectivity index (χ0v) is 10.3. The molecule has 0 radical (unpaired) electrons. The van der Waals surface area contributed by atoms with Crippen molar-refractivity contribution < 1.29 is 4.39 Å². The first-order valence-electron chi connectivity index (χ1n) is 5.64. The molecule has 0 heterocycles. The summed E-state index contributed by atoms with van der Waals surface area (Å²) in [4.78, 5) is 0. The van der Waals surface area contributed by atoms with Crippen molar-refractivity contribution in [3.05, 3.63) is 58.9 Å². The Hall–Kier alpha value is -2.34. The van der Waals surface area contributed by atoms with E-state index in [0.717, 1.165) is 16.8 Å². The predicted molar refractivity (Wildman–Crippen MR) is 70.3 cm³/mol. The van der Waals surface area contributed by atoms with Crippen molar-refractivity contribution in [3.63, 3.8) is 0 Å². The molecule has 2 aromatic carbocycles. The highest BCUT2D eigenvalue weighted by molar-refractivity contribution is 5.69. The lowest BCUT2D eigenvalue weighted by Crippen LogP contribution is -1.98. The van der Waals surface area contributed by atoms with E-state index in [9.17, 15) is 4.39 Å². The minimum absolute atomic E-state index is 0.0402. The number of rotatable bonds is 2. The molecule has 90 valence electrons. The summed E-state index contributed by atoms with van der Waals surface area (Å²) in [5.74, 6) is -0.507. The molecule has 0 aliphatic heterocycles. The Kier molecular flexibility index (Phi) is 3.29. The SMILES string of the molecule is Cc1ccc(C)c(Nc2cccc(F)c2C#N)c1. The number of anilines is 2. The summed E-state index contributed by atoms with van der Waals surface area (Å²) in [5.41, 5.74) is 3.58. The van der Waals surface area contributed by atoms with Crippen LogP contribution in [0.5, 0.6) is 0 Å². The lowest BCUT2D eigenvalue weighted by atomic mass is 10.1. The first-order chi connectivity index (χ1) is 8.61. The molecule has 0 spiro atoms. The molecule has 2 aromatic rings. The Bertz CT molecular complexity index is 627. The van der Waals surface area contributed by atoms with Gasteiger partial charge in [0.25, 0.3) is 0 Å². The second kappa shape index (κ2) is 4.89. The lowest BCUT2D eigenvalue weighted by Gasteiger charge is -2.12. The van der Waals surface area contributed by atoms with Crippen LogP contribution in [-0.2, 0) is 0 Å². The zero-order chi connectivity index (χ0) is 13.1. The van der Waals surface area contributed by atoms with E-state index in [2.05, 4.69) is 5.32 Å². The van der Waals surface area contributed by atoms with Crippen LogP contribution in [0.15, 0.2) is 36.4 Å². The molecule has 2 nitrogen and oxygen atoms in total. The van der Waals surface area contributed by atoms with E-state index in [4.69, 9.17) is 5.26 Å². The van der Waals surface area contributed by atoms with E-state index in [-0.39, 0.29) is 5.56 Å². The van der Waals surface area contributed by atoms with E-state index >= 15 is 0 Å². The van der Waals surface area contributed by atoms with Gasteiger partial charge in [0.1, 0.15) is 17.4 Å². The van der Waals surface area contributed by atoms with Gasteiger partial charge in [-0.05, 0) is 43.2 Å². The van der Waals surface area contributed by atoms with Crippen LogP contribution in [-0.4, -0.2) is 0 Å². The van der Waals surface area contributed by atoms with Gasteiger partial charge < -0.3 is 5.32 Å². The summed E-state index contributed by atoms with van der Waals surface area (Å²) in [7, 11) is 0. The third-order valence-electron chi connectivity index (χ3n) is 2.79. The minimum atomic E-state index is -0.507. The molecular weight excluding hydrogens is 227 g/mol. The summed E-state index contributed by atoms with van der Waals surface area (Å²) in [5, 5.41) is 12.1. The highest BCUT2D eigenvalue weighted by Crippen LogP contribution is 2.25. The van der Waals surface area contributed by atoms with E-state index in [0.29, 0.717) is 5.69 Å². The van der Waals surface area contributed by atoms with Gasteiger partial charge >= 0.3 is 0 Å². The van der Waals surface area contributed by atoms with Crippen LogP contribution in [0.4, 0.5) is 15.8 Å². The Balaban J connectivity index is 2.44. The number of nitrogens with one attached hydrogen (secondary N) is 1. The Morgan fingerprint density at radius 1 is 1.11 bits per heavy atom. The molecule has 0 saturated heterocycles. The first kappa shape index (κ1) is 12.1. The van der Waals surface area contributed by atoms with Gasteiger partial charge in [-0.15, -0.1) is 0 Å². The predicted octanol–water partition coefficient (Wildman–Crippen LogP) is 4.06. The number of benzene rings is 2. The van der Waals surface area contributed by atoms with Crippen LogP contribution in [0.2, 0.25) is 0 Å². The smallest absolute Gasteiger partial charge is 0.143 e. The van der Waals surface area contributed by atoms with Crippen molar-refractivity contribution in [3.8, 4) is 6.07 Å². The molecule has 0 bridgehead atoms. The van der Waals surface area contributed by atoms with Gasteiger partial charge in [0.15, 0.2) is 0 Å². The van der Waals surface area contributed by atoms with Crippen LogP contribution in [0, 0.1) is 31.0 Å². The van der Waals surface area contributed by atoms with Gasteiger partial charge in [0, 0.05) is 5.69 Å². The summed E-state index contributed by atoms with van der Waals surface area (Å²) in [6.45, 7) is 3.95. The first-order valence-corrected chi connectivity index (χ1v) is 5.64. The summed E-state index contributed by atoms with van der Waals surface area (Å²) in [6.07, 6.45) is 0. The largest absolute Gasteiger partial charge is 0.354 e. The van der Waals surface area contributed by atoms with Crippen LogP contribution in [0.1, 0.15) is 16.7 Å². The Labute approximate surface area is 106 Å². The average molecular weight is 240 g/mol. The van der Waals surface area contributed by atoms with E-state index in [1.807, 2.05) is 38.1 Å². The third kappa shape index (κ3) is 2.33. The van der Waals surface area contributed by atoms with Crippen molar-refractivity contribution in [1.29, 1.82) is 5.26 Å². The van der Waals surface area contributed by atoms with Crippen LogP contribution < -0.4 is 5.32 Å². The fraction of sp³-hybridized carbons (Fsp3) is 0.133. The van der Waals surface area contributed by atoms with Gasteiger partial charge in [-0.25, -0.2) is 4.39 Å². The van der Waals surface area contributed by atoms with Crippen molar-refractivity contribution in [2.75, 3.05) is 5.32 Å². The second-order valence-corrected chi connectivity index (χ2v) is 4.22. The molecule has 0 saturated carbocycles. The maximum atomic E-state index is 13.5. The monoisotopic (exact) mass is 240 g/mol. The quantitative estimate of drug-likeness (QED) is 0.859. The van der Waals surface area contributed by atoms with Gasteiger partial charge in [-0.1, -0.05) is 18.2 Å². The third-order valence-corrected chi connectivity index (χ3v) is 2.79. The van der Waals surface area contributed by atoms with E-state index in [1.54, 1.807) is 12.1 Å². The summed E-state index contributed by atoms with van der Waals surface area (Å²) < 4.78 is 13.5. The molecule has 0 atom stereocenters. The summed E-state index contributed by atoms with van der Waals surface area (Å²) >= 11 is 0. The normalized spacial score (nSPS) is 9.89. The number of aryl methyl sites for hydroxylation is 2. The van der Waals surface area contributed by atoms with E-state index in [1.165, 1.54) is 6.07 Å². The maximum Gasteiger partial charge on any atom is 0.143 e. The molecule has 1 N–H and O–H groups in total. The molecule has 0 aliphatic rings. The molecule has 0 amide bonds. The average Bonchev–Trinajstić information content (AvgIpc) is 2.34. The van der Waals surface area contributed by atoms with Crippen LogP contribution in [0.3, 0.4) is 0 Å². The van der Waals surface area contributed by atoms with Crippen molar-refractivity contribution in [2.45, 2.75) is 13.8 Å². The number of hydrogen-bond acceptors (Lipinski definition) is 2. The van der Waals surface area contributed by atoms with Crippen molar-refractivity contribution in [1.82, 2.24) is 0 Å². The van der Waals surface area contributed by atoms with Crippen LogP contribution >= 0.6 is 0 Å². The molecule has 18 heavy (non-hydrogen) atoms. The zero-order valence-electron chi connectivity index (χ0n) is 10.3. The molecule has 0 aromatic heterocycles. The Morgan fingerprint density at radius 3 is 2.61 bits per heavy atom. The van der Waals surface area contributed by atoms with Crippen LogP contribution in [0.25, 0.3) is 0 Å². The maximum absolute atomic E-state index is 13.5. The topological polar surface area (TPSA) is 35.8 Å². The number of nitriles is 1. The highest BCUT2D eigenvalue weighted by Gasteiger charge is 2.08. The molecule has 0 fully saturated rings. The fourth-order valence-electron chi connectivity index (χ4n) is 1.76. The van der Waals surface area contributed by atoms with Gasteiger partial charge in [0.2, 0.25) is 0 Å². The molecular formula is C15H13FN2. The number of nitrogens with zero attached hydrogens (tertiary/aromatic N) is 1. The lowest BCUT2D eigenvalue weighted by molar-refractivity contribution is 0.624. The van der Waals surface area contributed by atoms with Gasteiger partial charge in [-0.3, -0.25) is 0 Å². The number of hydrogen-bond donors (Lipinski definition) is 1. The van der Waals surface area contributed by atoms with Crippen molar-refractivity contribution >= 4 is 11.4 Å². The van der Waals surface area contributed by atoms with Crippen molar-refractivity contribution in [2.24, 2.45) is 0 Å². The highest BCUT2D eigenvalue weighted by atomic mass is 19.1. The summed E-state index contributed by atoms with van der Waals surface area (Å²) in [6, 6.07) is 12.4. The standard InChI is InChI=1S/C15H13FN2/c1-10-6-7-11(2)15(8-10)18-14-5-3-4-13(16)12(14)9-17/h3-8,18H,1-2H3. The minimum Gasteiger partial charge on any atom is -0.354 e. The molecule has 2 rings (SSSR count). The Morgan fingerprint density at radius 2 is 1.89 bits per heavy atom. The molecule has 3 heteroatoms. The fourth-order valence-corrected chi connectivity index (χ4v) is 1.76. The molecule has 0 aliphatic carbocycles.